The zero-order valence-corrected chi connectivity index (χ0v) is 20.5. The SMILES string of the molecule is CCCC(=O)Oc1cccc(S(=O)(=O)c2ccc(CCNCC(O)c3cccc(Cl)c3)cc2)c1. The molecule has 0 aliphatic carbocycles. The second kappa shape index (κ2) is 12.1. The molecule has 0 saturated carbocycles. The van der Waals surface area contributed by atoms with Crippen molar-refractivity contribution in [1.82, 2.24) is 5.32 Å². The molecule has 6 nitrogen and oxygen atoms in total. The van der Waals surface area contributed by atoms with Crippen LogP contribution in [0.2, 0.25) is 5.02 Å². The zero-order valence-electron chi connectivity index (χ0n) is 18.9. The topological polar surface area (TPSA) is 92.7 Å². The monoisotopic (exact) mass is 501 g/mol. The Hall–Kier alpha value is -2.71. The van der Waals surface area contributed by atoms with Gasteiger partial charge in [0.2, 0.25) is 9.84 Å². The fraction of sp³-hybridized carbons (Fsp3) is 0.269. The van der Waals surface area contributed by atoms with Gasteiger partial charge in [0.25, 0.3) is 0 Å². The van der Waals surface area contributed by atoms with E-state index in [4.69, 9.17) is 16.3 Å². The molecule has 0 bridgehead atoms. The van der Waals surface area contributed by atoms with Crippen molar-refractivity contribution in [2.75, 3.05) is 13.1 Å². The van der Waals surface area contributed by atoms with Crippen LogP contribution in [0.25, 0.3) is 0 Å². The van der Waals surface area contributed by atoms with Crippen molar-refractivity contribution < 1.29 is 23.1 Å². The quantitative estimate of drug-likeness (QED) is 0.224. The molecule has 0 radical (unpaired) electrons. The van der Waals surface area contributed by atoms with E-state index < -0.39 is 21.9 Å². The third-order valence-corrected chi connectivity index (χ3v) is 7.20. The maximum Gasteiger partial charge on any atom is 0.311 e. The summed E-state index contributed by atoms with van der Waals surface area (Å²) in [6.45, 7) is 2.87. The highest BCUT2D eigenvalue weighted by Gasteiger charge is 2.19. The first kappa shape index (κ1) is 25.9. The number of benzene rings is 3. The number of carbonyl (C=O) groups is 1. The van der Waals surface area contributed by atoms with E-state index in [0.717, 1.165) is 11.1 Å². The molecule has 0 amide bonds. The minimum absolute atomic E-state index is 0.0683. The van der Waals surface area contributed by atoms with Crippen LogP contribution >= 0.6 is 11.6 Å². The highest BCUT2D eigenvalue weighted by Crippen LogP contribution is 2.25. The van der Waals surface area contributed by atoms with Gasteiger partial charge in [-0.15, -0.1) is 0 Å². The van der Waals surface area contributed by atoms with Gasteiger partial charge in [-0.2, -0.15) is 0 Å². The largest absolute Gasteiger partial charge is 0.426 e. The Bertz CT molecular complexity index is 1210. The van der Waals surface area contributed by atoms with Gasteiger partial charge in [0, 0.05) is 18.0 Å². The molecule has 0 fully saturated rings. The highest BCUT2D eigenvalue weighted by atomic mass is 35.5. The summed E-state index contributed by atoms with van der Waals surface area (Å²) in [6, 6.07) is 19.8. The third-order valence-electron chi connectivity index (χ3n) is 5.20. The second-order valence-electron chi connectivity index (χ2n) is 7.87. The molecule has 0 spiro atoms. The molecule has 3 aromatic carbocycles. The maximum absolute atomic E-state index is 13.0. The fourth-order valence-electron chi connectivity index (χ4n) is 3.37. The van der Waals surface area contributed by atoms with Crippen LogP contribution in [-0.4, -0.2) is 32.6 Å². The number of sulfone groups is 1. The van der Waals surface area contributed by atoms with Crippen LogP contribution in [0.3, 0.4) is 0 Å². The number of aliphatic hydroxyl groups is 1. The van der Waals surface area contributed by atoms with Gasteiger partial charge in [-0.3, -0.25) is 4.79 Å². The Labute approximate surface area is 205 Å². The fourth-order valence-corrected chi connectivity index (χ4v) is 4.86. The van der Waals surface area contributed by atoms with Crippen LogP contribution in [-0.2, 0) is 21.1 Å². The van der Waals surface area contributed by atoms with E-state index in [-0.39, 0.29) is 22.0 Å². The van der Waals surface area contributed by atoms with E-state index in [9.17, 15) is 18.3 Å². The van der Waals surface area contributed by atoms with Crippen LogP contribution in [0.5, 0.6) is 5.75 Å². The predicted octanol–water partition coefficient (Wildman–Crippen LogP) is 4.74. The van der Waals surface area contributed by atoms with Crippen molar-refractivity contribution in [3.63, 3.8) is 0 Å². The molecule has 0 saturated heterocycles. The van der Waals surface area contributed by atoms with Gasteiger partial charge in [0.05, 0.1) is 15.9 Å². The minimum Gasteiger partial charge on any atom is -0.426 e. The van der Waals surface area contributed by atoms with E-state index in [1.807, 2.05) is 13.0 Å². The first-order valence-electron chi connectivity index (χ1n) is 11.1. The van der Waals surface area contributed by atoms with Gasteiger partial charge >= 0.3 is 5.97 Å². The number of esters is 1. The molecule has 2 N–H and O–H groups in total. The molecule has 0 aliphatic heterocycles. The summed E-state index contributed by atoms with van der Waals surface area (Å²) in [4.78, 5) is 11.9. The van der Waals surface area contributed by atoms with Gasteiger partial charge in [-0.25, -0.2) is 8.42 Å². The van der Waals surface area contributed by atoms with Gasteiger partial charge in [0.1, 0.15) is 5.75 Å². The summed E-state index contributed by atoms with van der Waals surface area (Å²) >= 11 is 5.96. The van der Waals surface area contributed by atoms with E-state index >= 15 is 0 Å². The van der Waals surface area contributed by atoms with Gasteiger partial charge in [-0.05, 0) is 73.0 Å². The first-order chi connectivity index (χ1) is 16.3. The average molecular weight is 502 g/mol. The van der Waals surface area contributed by atoms with Gasteiger partial charge in [0.15, 0.2) is 0 Å². The standard InChI is InChI=1S/C26H28ClNO5S/c1-2-5-26(30)33-22-8-4-9-24(17-22)34(31,32)23-12-10-19(11-13-23)14-15-28-18-25(29)20-6-3-7-21(27)16-20/h3-4,6-13,16-17,25,28-29H,2,5,14-15,18H2,1H3. The Kier molecular flexibility index (Phi) is 9.24. The van der Waals surface area contributed by atoms with E-state index in [0.29, 0.717) is 31.0 Å². The average Bonchev–Trinajstić information content (AvgIpc) is 2.82. The lowest BCUT2D eigenvalue weighted by molar-refractivity contribution is -0.134. The number of hydrogen-bond donors (Lipinski definition) is 2. The van der Waals surface area contributed by atoms with Crippen molar-refractivity contribution >= 4 is 27.4 Å². The number of ether oxygens (including phenoxy) is 1. The van der Waals surface area contributed by atoms with Crippen LogP contribution in [0.1, 0.15) is 37.0 Å². The van der Waals surface area contributed by atoms with Crippen LogP contribution in [0.4, 0.5) is 0 Å². The van der Waals surface area contributed by atoms with E-state index in [1.54, 1.807) is 54.6 Å². The molecule has 3 aromatic rings. The van der Waals surface area contributed by atoms with Crippen molar-refractivity contribution in [2.45, 2.75) is 42.1 Å². The molecule has 1 unspecified atom stereocenters. The molecule has 180 valence electrons. The molecule has 8 heteroatoms. The smallest absolute Gasteiger partial charge is 0.311 e. The van der Waals surface area contributed by atoms with Crippen LogP contribution in [0.15, 0.2) is 82.6 Å². The second-order valence-corrected chi connectivity index (χ2v) is 10.3. The Balaban J connectivity index is 1.56. The summed E-state index contributed by atoms with van der Waals surface area (Å²) in [5.41, 5.74) is 1.71. The lowest BCUT2D eigenvalue weighted by Crippen LogP contribution is -2.23. The summed E-state index contributed by atoms with van der Waals surface area (Å²) in [7, 11) is -3.75. The summed E-state index contributed by atoms with van der Waals surface area (Å²) in [6.07, 6.45) is 0.933. The molecule has 0 heterocycles. The number of hydrogen-bond acceptors (Lipinski definition) is 6. The molecule has 34 heavy (non-hydrogen) atoms. The maximum atomic E-state index is 13.0. The van der Waals surface area contributed by atoms with Crippen molar-refractivity contribution in [2.24, 2.45) is 0 Å². The zero-order chi connectivity index (χ0) is 24.6. The van der Waals surface area contributed by atoms with E-state index in [2.05, 4.69) is 5.32 Å². The lowest BCUT2D eigenvalue weighted by Gasteiger charge is -2.13. The molecular weight excluding hydrogens is 474 g/mol. The van der Waals surface area contributed by atoms with Crippen LogP contribution in [0, 0.1) is 0 Å². The molecule has 3 rings (SSSR count). The first-order valence-corrected chi connectivity index (χ1v) is 12.9. The van der Waals surface area contributed by atoms with Gasteiger partial charge < -0.3 is 15.2 Å². The van der Waals surface area contributed by atoms with Crippen molar-refractivity contribution in [3.8, 4) is 5.75 Å². The lowest BCUT2D eigenvalue weighted by atomic mass is 10.1. The van der Waals surface area contributed by atoms with Crippen molar-refractivity contribution in [1.29, 1.82) is 0 Å². The molecule has 1 atom stereocenters. The third kappa shape index (κ3) is 7.14. The number of aliphatic hydroxyl groups excluding tert-OH is 1. The summed E-state index contributed by atoms with van der Waals surface area (Å²) in [5.74, 6) is -0.183. The van der Waals surface area contributed by atoms with Gasteiger partial charge in [-0.1, -0.05) is 48.9 Å². The Morgan fingerprint density at radius 3 is 2.47 bits per heavy atom. The van der Waals surface area contributed by atoms with E-state index in [1.165, 1.54) is 12.1 Å². The normalized spacial score (nSPS) is 12.3. The number of rotatable bonds is 11. The summed E-state index contributed by atoms with van der Waals surface area (Å²) < 4.78 is 31.2. The summed E-state index contributed by atoms with van der Waals surface area (Å²) in [5, 5.41) is 14.0. The Morgan fingerprint density at radius 2 is 1.76 bits per heavy atom. The number of carbonyl (C=O) groups excluding carboxylic acids is 1. The highest BCUT2D eigenvalue weighted by molar-refractivity contribution is 7.91. The predicted molar refractivity (Wildman–Crippen MR) is 132 cm³/mol. The Morgan fingerprint density at radius 1 is 1.03 bits per heavy atom. The molecule has 0 aromatic heterocycles. The molecular formula is C26H28ClNO5S. The minimum atomic E-state index is -3.75. The number of halogens is 1. The molecule has 0 aliphatic rings. The van der Waals surface area contributed by atoms with Crippen LogP contribution < -0.4 is 10.1 Å². The van der Waals surface area contributed by atoms with Crippen molar-refractivity contribution in [3.05, 3.63) is 88.9 Å². The number of nitrogens with one attached hydrogen (secondary N) is 1.